The van der Waals surface area contributed by atoms with Gasteiger partial charge in [-0.05, 0) is 17.7 Å². The van der Waals surface area contributed by atoms with Crippen molar-refractivity contribution in [2.24, 2.45) is 0 Å². The monoisotopic (exact) mass is 390 g/mol. The number of hydroxylamine groups is 1. The number of carbonyl (C=O) groups is 1. The molecule has 0 fully saturated rings. The van der Waals surface area contributed by atoms with E-state index >= 15 is 0 Å². The summed E-state index contributed by atoms with van der Waals surface area (Å²) in [5.41, 5.74) is 4.85. The molecule has 0 saturated heterocycles. The third-order valence-corrected chi connectivity index (χ3v) is 6.03. The van der Waals surface area contributed by atoms with E-state index in [4.69, 9.17) is 5.21 Å². The highest BCUT2D eigenvalue weighted by Crippen LogP contribution is 2.30. The van der Waals surface area contributed by atoms with Crippen molar-refractivity contribution in [3.05, 3.63) is 80.0 Å². The number of nitrogens with zero attached hydrogens (tertiary/aromatic N) is 3. The predicted molar refractivity (Wildman–Crippen MR) is 105 cm³/mol. The van der Waals surface area contributed by atoms with Crippen molar-refractivity contribution in [2.45, 2.75) is 13.0 Å². The Kier molecular flexibility index (Phi) is 3.81. The van der Waals surface area contributed by atoms with Crippen molar-refractivity contribution in [3.8, 4) is 11.4 Å². The third kappa shape index (κ3) is 2.62. The molecule has 0 saturated carbocycles. The summed E-state index contributed by atoms with van der Waals surface area (Å²) in [7, 11) is 0. The van der Waals surface area contributed by atoms with Crippen LogP contribution in [-0.2, 0) is 13.0 Å². The summed E-state index contributed by atoms with van der Waals surface area (Å²) in [5.74, 6) is 0.0331. The van der Waals surface area contributed by atoms with Gasteiger partial charge in [-0.15, -0.1) is 11.3 Å². The maximum absolute atomic E-state index is 13.0. The zero-order valence-corrected chi connectivity index (χ0v) is 15.4. The number of benzene rings is 1. The second-order valence-electron chi connectivity index (χ2n) is 6.56. The molecule has 28 heavy (non-hydrogen) atoms. The van der Waals surface area contributed by atoms with Gasteiger partial charge in [-0.2, -0.15) is 0 Å². The van der Waals surface area contributed by atoms with Crippen molar-refractivity contribution in [2.75, 3.05) is 0 Å². The van der Waals surface area contributed by atoms with Gasteiger partial charge in [0.15, 0.2) is 5.82 Å². The quantitative estimate of drug-likeness (QED) is 0.357. The highest BCUT2D eigenvalue weighted by Gasteiger charge is 2.23. The molecule has 2 N–H and O–H groups in total. The third-order valence-electron chi connectivity index (χ3n) is 4.87. The largest absolute Gasteiger partial charge is 0.306 e. The van der Waals surface area contributed by atoms with Gasteiger partial charge in [-0.3, -0.25) is 14.8 Å². The number of carbonyl (C=O) groups excluding carboxylic acids is 1. The molecule has 4 heterocycles. The van der Waals surface area contributed by atoms with Crippen LogP contribution in [0.25, 0.3) is 22.3 Å². The number of rotatable bonds is 2. The zero-order valence-electron chi connectivity index (χ0n) is 14.5. The fourth-order valence-electron chi connectivity index (χ4n) is 3.48. The van der Waals surface area contributed by atoms with Crippen LogP contribution in [0.1, 0.15) is 25.8 Å². The highest BCUT2D eigenvalue weighted by atomic mass is 32.1. The lowest BCUT2D eigenvalue weighted by Crippen LogP contribution is -2.27. The van der Waals surface area contributed by atoms with E-state index < -0.39 is 5.91 Å². The van der Waals surface area contributed by atoms with Crippen LogP contribution in [-0.4, -0.2) is 25.6 Å². The van der Waals surface area contributed by atoms with Gasteiger partial charge in [0.05, 0.1) is 22.3 Å². The Hall–Kier alpha value is -3.36. The van der Waals surface area contributed by atoms with Gasteiger partial charge < -0.3 is 4.57 Å². The van der Waals surface area contributed by atoms with Crippen molar-refractivity contribution in [3.63, 3.8) is 0 Å². The van der Waals surface area contributed by atoms with E-state index in [2.05, 4.69) is 9.97 Å². The lowest BCUT2D eigenvalue weighted by molar-refractivity contribution is 0.0711. The van der Waals surface area contributed by atoms with Gasteiger partial charge >= 0.3 is 0 Å². The fourth-order valence-corrected chi connectivity index (χ4v) is 4.54. The Bertz CT molecular complexity index is 1290. The van der Waals surface area contributed by atoms with E-state index in [0.29, 0.717) is 34.6 Å². The lowest BCUT2D eigenvalue weighted by atomic mass is 10.0. The smallest absolute Gasteiger partial charge is 0.284 e. The molecule has 0 atom stereocenters. The molecule has 5 rings (SSSR count). The van der Waals surface area contributed by atoms with Crippen molar-refractivity contribution < 1.29 is 10.0 Å². The molecule has 1 aromatic carbocycles. The molecule has 0 radical (unpaired) electrons. The zero-order chi connectivity index (χ0) is 19.3. The average Bonchev–Trinajstić information content (AvgIpc) is 3.15. The molecule has 138 valence electrons. The number of nitrogens with one attached hydrogen (secondary N) is 1. The molecule has 0 aliphatic carbocycles. The predicted octanol–water partition coefficient (Wildman–Crippen LogP) is 2.59. The summed E-state index contributed by atoms with van der Waals surface area (Å²) in [5, 5.41) is 9.32. The van der Waals surface area contributed by atoms with Crippen LogP contribution in [0.4, 0.5) is 0 Å². The number of hydrogen-bond acceptors (Lipinski definition) is 6. The van der Waals surface area contributed by atoms with Gasteiger partial charge in [0.25, 0.3) is 11.5 Å². The molecule has 1 amide bonds. The van der Waals surface area contributed by atoms with E-state index in [-0.39, 0.29) is 5.56 Å². The van der Waals surface area contributed by atoms with Gasteiger partial charge in [0, 0.05) is 28.8 Å². The lowest BCUT2D eigenvalue weighted by Gasteiger charge is -2.19. The minimum absolute atomic E-state index is 0.140. The van der Waals surface area contributed by atoms with Crippen LogP contribution in [0.2, 0.25) is 0 Å². The molecule has 8 heteroatoms. The number of aromatic nitrogens is 3. The van der Waals surface area contributed by atoms with Crippen LogP contribution in [0, 0.1) is 0 Å². The summed E-state index contributed by atoms with van der Waals surface area (Å²) in [6.45, 7) is 0.392. The maximum Gasteiger partial charge on any atom is 0.284 e. The van der Waals surface area contributed by atoms with E-state index in [1.54, 1.807) is 22.3 Å². The second-order valence-corrected chi connectivity index (χ2v) is 7.70. The van der Waals surface area contributed by atoms with E-state index in [1.807, 2.05) is 36.4 Å². The molecular weight excluding hydrogens is 376 g/mol. The number of pyridine rings is 1. The average molecular weight is 390 g/mol. The van der Waals surface area contributed by atoms with Crippen molar-refractivity contribution in [1.82, 2.24) is 20.0 Å². The first-order chi connectivity index (χ1) is 13.6. The van der Waals surface area contributed by atoms with Crippen LogP contribution in [0.3, 0.4) is 0 Å². The Balaban J connectivity index is 1.62. The van der Waals surface area contributed by atoms with Gasteiger partial charge in [0.1, 0.15) is 0 Å². The topological polar surface area (TPSA) is 97.1 Å². The van der Waals surface area contributed by atoms with E-state index in [1.165, 1.54) is 11.3 Å². The highest BCUT2D eigenvalue weighted by molar-refractivity contribution is 7.14. The second kappa shape index (κ2) is 6.36. The van der Waals surface area contributed by atoms with Crippen LogP contribution < -0.4 is 11.0 Å². The minimum atomic E-state index is -0.542. The van der Waals surface area contributed by atoms with Crippen LogP contribution in [0.15, 0.2) is 53.5 Å². The Morgan fingerprint density at radius 1 is 1.21 bits per heavy atom. The Labute approximate surface area is 162 Å². The first-order valence-corrected chi connectivity index (χ1v) is 9.46. The molecule has 1 aliphatic heterocycles. The number of hydrogen-bond donors (Lipinski definition) is 2. The Morgan fingerprint density at radius 3 is 2.82 bits per heavy atom. The summed E-state index contributed by atoms with van der Waals surface area (Å²) < 4.78 is 1.70. The summed E-state index contributed by atoms with van der Waals surface area (Å²) in [6.07, 6.45) is 2.11. The summed E-state index contributed by atoms with van der Waals surface area (Å²) >= 11 is 1.28. The standard InChI is InChI=1S/C20H14N4O3S/c25-19(23-27)16-7-12-6-13-8-15-14(20(26)24(13)10-17(12)28-16)9-21-18(22-15)11-4-2-1-3-5-11/h1-5,7-9,27H,6,10H2,(H,23,25). The van der Waals surface area contributed by atoms with Gasteiger partial charge in [-0.25, -0.2) is 15.4 Å². The molecule has 7 nitrogen and oxygen atoms in total. The summed E-state index contributed by atoms with van der Waals surface area (Å²) in [6, 6.07) is 13.3. The molecule has 4 aromatic rings. The molecule has 0 bridgehead atoms. The first kappa shape index (κ1) is 16.8. The van der Waals surface area contributed by atoms with Gasteiger partial charge in [0.2, 0.25) is 0 Å². The number of amides is 1. The Morgan fingerprint density at radius 2 is 2.04 bits per heavy atom. The normalized spacial score (nSPS) is 12.5. The SMILES string of the molecule is O=C(NO)c1cc2c(s1)Cn1c(cc3nc(-c4ccccc4)ncc3c1=O)C2. The van der Waals surface area contributed by atoms with Crippen molar-refractivity contribution >= 4 is 28.1 Å². The molecule has 0 spiro atoms. The van der Waals surface area contributed by atoms with Crippen LogP contribution >= 0.6 is 11.3 Å². The molecule has 0 unspecified atom stereocenters. The maximum atomic E-state index is 13.0. The van der Waals surface area contributed by atoms with E-state index in [0.717, 1.165) is 21.7 Å². The summed E-state index contributed by atoms with van der Waals surface area (Å²) in [4.78, 5) is 35.0. The van der Waals surface area contributed by atoms with E-state index in [9.17, 15) is 9.59 Å². The molecule has 1 aliphatic rings. The fraction of sp³-hybridized carbons (Fsp3) is 0.100. The molecular formula is C20H14N4O3S. The van der Waals surface area contributed by atoms with Crippen LogP contribution in [0.5, 0.6) is 0 Å². The van der Waals surface area contributed by atoms with Gasteiger partial charge in [-0.1, -0.05) is 30.3 Å². The number of fused-ring (bicyclic) bond motifs is 3. The van der Waals surface area contributed by atoms with Crippen molar-refractivity contribution in [1.29, 1.82) is 0 Å². The number of thiophene rings is 1. The first-order valence-electron chi connectivity index (χ1n) is 8.65. The minimum Gasteiger partial charge on any atom is -0.306 e. The molecule has 3 aromatic heterocycles.